The molecular weight excluding hydrogens is 350 g/mol. The maximum atomic E-state index is 12.6. The first-order valence-corrected chi connectivity index (χ1v) is 9.06. The van der Waals surface area contributed by atoms with Crippen LogP contribution in [0.2, 0.25) is 0 Å². The maximum absolute atomic E-state index is 12.6. The van der Waals surface area contributed by atoms with E-state index in [0.29, 0.717) is 15.7 Å². The third-order valence-corrected chi connectivity index (χ3v) is 4.75. The van der Waals surface area contributed by atoms with Crippen molar-refractivity contribution < 1.29 is 0 Å². The van der Waals surface area contributed by atoms with E-state index in [1.165, 1.54) is 4.68 Å². The summed E-state index contributed by atoms with van der Waals surface area (Å²) in [7, 11) is 0. The fourth-order valence-corrected chi connectivity index (χ4v) is 3.48. The number of hydrogen-bond donors (Lipinski definition) is 1. The molecular formula is C15H20BrN3OS. The molecule has 0 aliphatic rings. The molecule has 0 radical (unpaired) electrons. The molecule has 6 heteroatoms. The molecule has 0 fully saturated rings. The van der Waals surface area contributed by atoms with Gasteiger partial charge in [0.2, 0.25) is 0 Å². The van der Waals surface area contributed by atoms with E-state index in [1.54, 1.807) is 11.8 Å². The van der Waals surface area contributed by atoms with Crippen LogP contribution in [-0.4, -0.2) is 21.8 Å². The molecule has 1 heterocycles. The van der Waals surface area contributed by atoms with E-state index in [0.717, 1.165) is 28.7 Å². The monoisotopic (exact) mass is 369 g/mol. The molecule has 0 aliphatic heterocycles. The number of anilines is 1. The molecule has 1 aromatic heterocycles. The van der Waals surface area contributed by atoms with E-state index in [-0.39, 0.29) is 11.6 Å². The smallest absolute Gasteiger partial charge is 0.275 e. The second-order valence-corrected chi connectivity index (χ2v) is 7.12. The molecule has 0 unspecified atom stereocenters. The number of halogens is 1. The summed E-state index contributed by atoms with van der Waals surface area (Å²) in [6, 6.07) is 1.95. The molecule has 0 saturated heterocycles. The number of nitrogens with zero attached hydrogens (tertiary/aromatic N) is 2. The lowest BCUT2D eigenvalue weighted by molar-refractivity contribution is 0.503. The van der Waals surface area contributed by atoms with Gasteiger partial charge in [0.05, 0.1) is 11.4 Å². The first-order chi connectivity index (χ1) is 9.88. The molecule has 2 rings (SSSR count). The Kier molecular flexibility index (Phi) is 4.99. The van der Waals surface area contributed by atoms with Gasteiger partial charge in [-0.2, -0.15) is 16.9 Å². The second-order valence-electron chi connectivity index (χ2n) is 5.39. The molecule has 0 saturated carbocycles. The maximum Gasteiger partial charge on any atom is 0.275 e. The number of hydrogen-bond acceptors (Lipinski definition) is 4. The molecule has 2 aromatic rings. The molecule has 21 heavy (non-hydrogen) atoms. The van der Waals surface area contributed by atoms with Crippen molar-refractivity contribution in [2.75, 3.05) is 17.7 Å². The molecule has 4 nitrogen and oxygen atoms in total. The van der Waals surface area contributed by atoms with Crippen molar-refractivity contribution in [1.29, 1.82) is 0 Å². The summed E-state index contributed by atoms with van der Waals surface area (Å²) in [6.07, 6.45) is 2.97. The minimum atomic E-state index is -0.0885. The van der Waals surface area contributed by atoms with Crippen LogP contribution in [0.5, 0.6) is 0 Å². The van der Waals surface area contributed by atoms with Crippen molar-refractivity contribution in [1.82, 2.24) is 9.78 Å². The predicted molar refractivity (Wildman–Crippen MR) is 95.3 cm³/mol. The normalized spacial score (nSPS) is 11.5. The van der Waals surface area contributed by atoms with Crippen molar-refractivity contribution in [3.63, 3.8) is 0 Å². The zero-order chi connectivity index (χ0) is 15.7. The van der Waals surface area contributed by atoms with Gasteiger partial charge in [-0.25, -0.2) is 4.68 Å². The van der Waals surface area contributed by atoms with Gasteiger partial charge in [-0.05, 0) is 72.3 Å². The van der Waals surface area contributed by atoms with Gasteiger partial charge in [-0.3, -0.25) is 4.79 Å². The van der Waals surface area contributed by atoms with E-state index in [4.69, 9.17) is 5.73 Å². The van der Waals surface area contributed by atoms with Gasteiger partial charge in [-0.15, -0.1) is 0 Å². The lowest BCUT2D eigenvalue weighted by Gasteiger charge is -2.16. The average Bonchev–Trinajstić information content (AvgIpc) is 2.41. The zero-order valence-electron chi connectivity index (χ0n) is 12.7. The number of nitrogens with two attached hydrogens (primary N) is 1. The quantitative estimate of drug-likeness (QED) is 0.837. The number of aromatic nitrogens is 2. The fourth-order valence-electron chi connectivity index (χ4n) is 2.47. The Morgan fingerprint density at radius 2 is 2.14 bits per heavy atom. The van der Waals surface area contributed by atoms with E-state index in [2.05, 4.69) is 27.3 Å². The van der Waals surface area contributed by atoms with Gasteiger partial charge in [-0.1, -0.05) is 0 Å². The molecule has 0 aliphatic carbocycles. The van der Waals surface area contributed by atoms with Crippen molar-refractivity contribution in [2.45, 2.75) is 33.2 Å². The largest absolute Gasteiger partial charge is 0.398 e. The van der Waals surface area contributed by atoms with Gasteiger partial charge < -0.3 is 5.73 Å². The van der Waals surface area contributed by atoms with Crippen molar-refractivity contribution in [3.8, 4) is 0 Å². The summed E-state index contributed by atoms with van der Waals surface area (Å²) in [5, 5.41) is 5.72. The summed E-state index contributed by atoms with van der Waals surface area (Å²) in [5.74, 6) is 1.00. The number of fused-ring (bicyclic) bond motifs is 1. The summed E-state index contributed by atoms with van der Waals surface area (Å²) in [6.45, 7) is 5.89. The Morgan fingerprint density at radius 3 is 2.71 bits per heavy atom. The molecule has 114 valence electrons. The van der Waals surface area contributed by atoms with E-state index >= 15 is 0 Å². The minimum absolute atomic E-state index is 0.0101. The third kappa shape index (κ3) is 2.97. The summed E-state index contributed by atoms with van der Waals surface area (Å²) in [5.41, 5.74) is 9.09. The van der Waals surface area contributed by atoms with E-state index < -0.39 is 0 Å². The van der Waals surface area contributed by atoms with Gasteiger partial charge in [0.1, 0.15) is 4.60 Å². The van der Waals surface area contributed by atoms with Crippen LogP contribution in [0.3, 0.4) is 0 Å². The molecule has 0 atom stereocenters. The number of nitrogen functional groups attached to an aromatic ring is 1. The Morgan fingerprint density at radius 1 is 1.48 bits per heavy atom. The lowest BCUT2D eigenvalue weighted by Crippen LogP contribution is -2.25. The molecule has 0 amide bonds. The number of benzene rings is 1. The number of thioether (sulfide) groups is 1. The van der Waals surface area contributed by atoms with Crippen LogP contribution in [-0.2, 0) is 6.42 Å². The highest BCUT2D eigenvalue weighted by Crippen LogP contribution is 2.31. The van der Waals surface area contributed by atoms with Gasteiger partial charge in [0.15, 0.2) is 0 Å². The first-order valence-electron chi connectivity index (χ1n) is 6.87. The van der Waals surface area contributed by atoms with Crippen molar-refractivity contribution >= 4 is 44.2 Å². The van der Waals surface area contributed by atoms with Crippen LogP contribution in [0.15, 0.2) is 15.5 Å². The number of rotatable bonds is 4. The van der Waals surface area contributed by atoms with Crippen molar-refractivity contribution in [3.05, 3.63) is 32.2 Å². The van der Waals surface area contributed by atoms with Crippen LogP contribution in [0, 0.1) is 6.92 Å². The highest BCUT2D eigenvalue weighted by atomic mass is 79.9. The highest BCUT2D eigenvalue weighted by Gasteiger charge is 2.17. The first kappa shape index (κ1) is 16.4. The van der Waals surface area contributed by atoms with Gasteiger partial charge in [0.25, 0.3) is 5.56 Å². The average molecular weight is 370 g/mol. The Hall–Kier alpha value is -1.01. The zero-order valence-corrected chi connectivity index (χ0v) is 15.1. The molecule has 2 N–H and O–H groups in total. The van der Waals surface area contributed by atoms with Gasteiger partial charge in [0, 0.05) is 11.1 Å². The SMILES string of the molecule is CSCCc1c(C)cc2c(=O)n(C(C)C)nc(Br)c2c1N. The van der Waals surface area contributed by atoms with Crippen LogP contribution in [0.25, 0.3) is 10.8 Å². The second kappa shape index (κ2) is 6.40. The van der Waals surface area contributed by atoms with E-state index in [1.807, 2.05) is 26.8 Å². The topological polar surface area (TPSA) is 60.9 Å². The van der Waals surface area contributed by atoms with E-state index in [9.17, 15) is 4.79 Å². The Balaban J connectivity index is 2.80. The molecule has 0 bridgehead atoms. The molecule has 0 spiro atoms. The predicted octanol–water partition coefficient (Wildman–Crippen LogP) is 3.54. The molecule has 1 aromatic carbocycles. The van der Waals surface area contributed by atoms with Crippen LogP contribution >= 0.6 is 27.7 Å². The standard InChI is InChI=1S/C15H20BrN3OS/c1-8(2)19-15(20)11-7-9(3)10(5-6-21-4)13(17)12(11)14(16)18-19/h7-8H,5-6,17H2,1-4H3. The summed E-state index contributed by atoms with van der Waals surface area (Å²) < 4.78 is 2.13. The lowest BCUT2D eigenvalue weighted by atomic mass is 9.99. The summed E-state index contributed by atoms with van der Waals surface area (Å²) >= 11 is 5.26. The van der Waals surface area contributed by atoms with Crippen LogP contribution in [0.1, 0.15) is 31.0 Å². The highest BCUT2D eigenvalue weighted by molar-refractivity contribution is 9.10. The van der Waals surface area contributed by atoms with Crippen LogP contribution < -0.4 is 11.3 Å². The Labute approximate surface area is 137 Å². The van der Waals surface area contributed by atoms with Gasteiger partial charge >= 0.3 is 0 Å². The Bertz CT molecular complexity index is 740. The third-order valence-electron chi connectivity index (χ3n) is 3.59. The number of aryl methyl sites for hydroxylation is 1. The fraction of sp³-hybridized carbons (Fsp3) is 0.467. The minimum Gasteiger partial charge on any atom is -0.398 e. The van der Waals surface area contributed by atoms with Crippen LogP contribution in [0.4, 0.5) is 5.69 Å². The summed E-state index contributed by atoms with van der Waals surface area (Å²) in [4.78, 5) is 12.6. The van der Waals surface area contributed by atoms with Crippen molar-refractivity contribution in [2.24, 2.45) is 0 Å².